The van der Waals surface area contributed by atoms with Crippen molar-refractivity contribution in [1.82, 2.24) is 15.1 Å². The van der Waals surface area contributed by atoms with Crippen LogP contribution < -0.4 is 11.1 Å². The predicted molar refractivity (Wildman–Crippen MR) is 82.2 cm³/mol. The molecule has 1 aliphatic heterocycles. The Bertz CT molecular complexity index is 303. The van der Waals surface area contributed by atoms with E-state index in [0.29, 0.717) is 18.1 Å². The fourth-order valence-corrected chi connectivity index (χ4v) is 2.54. The molecule has 3 N–H and O–H groups in total. The zero-order valence-corrected chi connectivity index (χ0v) is 12.8. The number of nitrogens with one attached hydrogen (secondary N) is 1. The first-order valence-corrected chi connectivity index (χ1v) is 7.44. The quantitative estimate of drug-likeness (QED) is 0.655. The Kier molecular flexibility index (Phi) is 7.27. The number of piperazine rings is 1. The molecule has 1 unspecified atom stereocenters. The van der Waals surface area contributed by atoms with Crippen LogP contribution in [0, 0.1) is 0 Å². The predicted octanol–water partition coefficient (Wildman–Crippen LogP) is 0.195. The Morgan fingerprint density at radius 1 is 1.26 bits per heavy atom. The summed E-state index contributed by atoms with van der Waals surface area (Å²) in [6, 6.07) is 0.272. The van der Waals surface area contributed by atoms with Crippen molar-refractivity contribution < 1.29 is 4.79 Å². The summed E-state index contributed by atoms with van der Waals surface area (Å²) in [4.78, 5) is 16.8. The second-order valence-corrected chi connectivity index (χ2v) is 5.80. The molecule has 0 saturated carbocycles. The number of amides is 1. The van der Waals surface area contributed by atoms with E-state index in [1.165, 1.54) is 0 Å². The summed E-state index contributed by atoms with van der Waals surface area (Å²) in [5.74, 6) is 0.128. The van der Waals surface area contributed by atoms with Gasteiger partial charge in [0.25, 0.3) is 0 Å². The van der Waals surface area contributed by atoms with Gasteiger partial charge in [-0.05, 0) is 13.3 Å². The van der Waals surface area contributed by atoms with Gasteiger partial charge in [-0.25, -0.2) is 0 Å². The van der Waals surface area contributed by atoms with Gasteiger partial charge in [-0.3, -0.25) is 14.6 Å². The summed E-state index contributed by atoms with van der Waals surface area (Å²) in [6.07, 6.45) is 2.13. The smallest absolute Gasteiger partial charge is 0.234 e. The van der Waals surface area contributed by atoms with Crippen LogP contribution in [0.25, 0.3) is 0 Å². The van der Waals surface area contributed by atoms with Crippen LogP contribution in [0.3, 0.4) is 0 Å². The number of rotatable bonds is 7. The molecule has 19 heavy (non-hydrogen) atoms. The highest BCUT2D eigenvalue weighted by atomic mass is 32.1. The summed E-state index contributed by atoms with van der Waals surface area (Å²) >= 11 is 4.91. The molecule has 1 aliphatic rings. The van der Waals surface area contributed by atoms with Crippen molar-refractivity contribution in [2.75, 3.05) is 39.3 Å². The Morgan fingerprint density at radius 2 is 1.79 bits per heavy atom. The molecule has 110 valence electrons. The maximum atomic E-state index is 11.8. The van der Waals surface area contributed by atoms with Gasteiger partial charge in [0.15, 0.2) is 0 Å². The van der Waals surface area contributed by atoms with Crippen molar-refractivity contribution in [3.8, 4) is 0 Å². The molecule has 1 heterocycles. The van der Waals surface area contributed by atoms with E-state index in [0.717, 1.165) is 39.0 Å². The zero-order chi connectivity index (χ0) is 14.3. The topological polar surface area (TPSA) is 61.6 Å². The van der Waals surface area contributed by atoms with E-state index in [1.807, 2.05) is 0 Å². The lowest BCUT2D eigenvalue weighted by molar-refractivity contribution is -0.123. The second kappa shape index (κ2) is 8.45. The van der Waals surface area contributed by atoms with Crippen molar-refractivity contribution in [1.29, 1.82) is 0 Å². The van der Waals surface area contributed by atoms with E-state index in [1.54, 1.807) is 0 Å². The summed E-state index contributed by atoms with van der Waals surface area (Å²) in [5.41, 5.74) is 5.53. The molecule has 5 nitrogen and oxygen atoms in total. The molecule has 0 radical (unpaired) electrons. The van der Waals surface area contributed by atoms with Crippen molar-refractivity contribution in [3.63, 3.8) is 0 Å². The highest BCUT2D eigenvalue weighted by molar-refractivity contribution is 7.80. The lowest BCUT2D eigenvalue weighted by Crippen LogP contribution is -2.51. The lowest BCUT2D eigenvalue weighted by Gasteiger charge is -2.34. The molecule has 0 aromatic carbocycles. The van der Waals surface area contributed by atoms with E-state index in [4.69, 9.17) is 18.0 Å². The molecule has 0 aromatic heterocycles. The molecule has 0 aliphatic carbocycles. The Balaban J connectivity index is 2.21. The maximum Gasteiger partial charge on any atom is 0.234 e. The van der Waals surface area contributed by atoms with E-state index in [9.17, 15) is 4.79 Å². The Morgan fingerprint density at radius 3 is 2.26 bits per heavy atom. The number of hydrogen-bond acceptors (Lipinski definition) is 4. The third kappa shape index (κ3) is 6.84. The Hall–Kier alpha value is -0.720. The van der Waals surface area contributed by atoms with Crippen LogP contribution in [-0.4, -0.2) is 66.0 Å². The first kappa shape index (κ1) is 16.3. The minimum Gasteiger partial charge on any atom is -0.392 e. The van der Waals surface area contributed by atoms with E-state index < -0.39 is 0 Å². The van der Waals surface area contributed by atoms with Gasteiger partial charge in [-0.15, -0.1) is 0 Å². The van der Waals surface area contributed by atoms with Crippen LogP contribution >= 0.6 is 12.2 Å². The number of carbonyl (C=O) groups excluding carboxylic acids is 1. The van der Waals surface area contributed by atoms with Gasteiger partial charge >= 0.3 is 0 Å². The summed E-state index contributed by atoms with van der Waals surface area (Å²) in [6.45, 7) is 9.02. The van der Waals surface area contributed by atoms with Crippen molar-refractivity contribution in [3.05, 3.63) is 0 Å². The van der Waals surface area contributed by atoms with Crippen molar-refractivity contribution in [2.24, 2.45) is 5.73 Å². The van der Waals surface area contributed by atoms with Crippen LogP contribution in [0.1, 0.15) is 26.7 Å². The molecule has 1 fully saturated rings. The van der Waals surface area contributed by atoms with Gasteiger partial charge in [0.05, 0.1) is 11.5 Å². The molecule has 0 aromatic rings. The van der Waals surface area contributed by atoms with Crippen LogP contribution in [0.2, 0.25) is 0 Å². The van der Waals surface area contributed by atoms with Crippen LogP contribution in [0.5, 0.6) is 0 Å². The molecule has 1 saturated heterocycles. The maximum absolute atomic E-state index is 11.8. The van der Waals surface area contributed by atoms with Gasteiger partial charge in [0.2, 0.25) is 5.91 Å². The van der Waals surface area contributed by atoms with E-state index in [2.05, 4.69) is 29.0 Å². The average Bonchev–Trinajstić information content (AvgIpc) is 2.31. The molecule has 0 bridgehead atoms. The fourth-order valence-electron chi connectivity index (χ4n) is 2.35. The third-order valence-corrected chi connectivity index (χ3v) is 3.47. The zero-order valence-electron chi connectivity index (χ0n) is 12.0. The summed E-state index contributed by atoms with van der Waals surface area (Å²) < 4.78 is 0. The minimum atomic E-state index is 0.128. The Labute approximate surface area is 121 Å². The molecule has 1 amide bonds. The second-order valence-electron chi connectivity index (χ2n) is 5.28. The summed E-state index contributed by atoms with van der Waals surface area (Å²) in [7, 11) is 0. The highest BCUT2D eigenvalue weighted by Gasteiger charge is 2.19. The highest BCUT2D eigenvalue weighted by Crippen LogP contribution is 2.01. The van der Waals surface area contributed by atoms with Crippen LogP contribution in [0.15, 0.2) is 0 Å². The van der Waals surface area contributed by atoms with Gasteiger partial charge in [-0.1, -0.05) is 25.6 Å². The van der Waals surface area contributed by atoms with Gasteiger partial charge in [0, 0.05) is 38.8 Å². The molecule has 0 spiro atoms. The fraction of sp³-hybridized carbons (Fsp3) is 0.846. The number of nitrogens with zero attached hydrogens (tertiary/aromatic N) is 2. The number of thiocarbonyl (C=S) groups is 1. The number of carbonyl (C=O) groups is 1. The van der Waals surface area contributed by atoms with Crippen LogP contribution in [-0.2, 0) is 4.79 Å². The van der Waals surface area contributed by atoms with Gasteiger partial charge < -0.3 is 11.1 Å². The van der Waals surface area contributed by atoms with Gasteiger partial charge in [0.1, 0.15) is 0 Å². The SMILES string of the molecule is CCCC(C)NC(=O)CN1CCN(CC(N)=S)CC1. The third-order valence-electron chi connectivity index (χ3n) is 3.34. The molecule has 6 heteroatoms. The lowest BCUT2D eigenvalue weighted by atomic mass is 10.2. The summed E-state index contributed by atoms with van der Waals surface area (Å²) in [5, 5.41) is 3.04. The number of hydrogen-bond donors (Lipinski definition) is 2. The van der Waals surface area contributed by atoms with E-state index in [-0.39, 0.29) is 11.9 Å². The van der Waals surface area contributed by atoms with Gasteiger partial charge in [-0.2, -0.15) is 0 Å². The van der Waals surface area contributed by atoms with Crippen molar-refractivity contribution in [2.45, 2.75) is 32.7 Å². The monoisotopic (exact) mass is 286 g/mol. The molecular formula is C13H26N4OS. The first-order chi connectivity index (χ1) is 9.01. The number of nitrogens with two attached hydrogens (primary N) is 1. The van der Waals surface area contributed by atoms with Crippen molar-refractivity contribution >= 4 is 23.1 Å². The largest absolute Gasteiger partial charge is 0.392 e. The molecular weight excluding hydrogens is 260 g/mol. The normalized spacial score (nSPS) is 19.1. The van der Waals surface area contributed by atoms with Crippen LogP contribution in [0.4, 0.5) is 0 Å². The first-order valence-electron chi connectivity index (χ1n) is 7.03. The van der Waals surface area contributed by atoms with E-state index >= 15 is 0 Å². The molecule has 1 atom stereocenters. The minimum absolute atomic E-state index is 0.128. The molecule has 1 rings (SSSR count). The average molecular weight is 286 g/mol. The standard InChI is InChI=1S/C13H26N4OS/c1-3-4-11(2)15-13(18)10-17-7-5-16(6-8-17)9-12(14)19/h11H,3-10H2,1-2H3,(H2,14,19)(H,15,18).